The molecule has 0 radical (unpaired) electrons. The first-order valence-electron chi connectivity index (χ1n) is 4.83. The summed E-state index contributed by atoms with van der Waals surface area (Å²) in [6, 6.07) is 9.38. The van der Waals surface area contributed by atoms with Crippen LogP contribution in [-0.4, -0.2) is 11.1 Å². The quantitative estimate of drug-likeness (QED) is 0.767. The Morgan fingerprint density at radius 3 is 2.47 bits per heavy atom. The number of hydrogen-bond donors (Lipinski definition) is 1. The van der Waals surface area contributed by atoms with Crippen molar-refractivity contribution in [3.05, 3.63) is 47.0 Å². The minimum atomic E-state index is -0.866. The van der Waals surface area contributed by atoms with Crippen molar-refractivity contribution in [2.24, 2.45) is 0 Å². The van der Waals surface area contributed by atoms with Crippen LogP contribution in [0.15, 0.2) is 30.3 Å². The lowest BCUT2D eigenvalue weighted by Crippen LogP contribution is -1.99. The summed E-state index contributed by atoms with van der Waals surface area (Å²) in [5.41, 5.74) is 2.50. The van der Waals surface area contributed by atoms with Crippen LogP contribution in [0, 0.1) is 13.8 Å². The van der Waals surface area contributed by atoms with Crippen LogP contribution in [0.4, 0.5) is 0 Å². The van der Waals surface area contributed by atoms with Gasteiger partial charge in [-0.05, 0) is 41.8 Å². The molecular formula is C13H12O2. The van der Waals surface area contributed by atoms with Gasteiger partial charge >= 0.3 is 5.97 Å². The van der Waals surface area contributed by atoms with Crippen molar-refractivity contribution in [1.82, 2.24) is 0 Å². The third-order valence-corrected chi connectivity index (χ3v) is 2.70. The van der Waals surface area contributed by atoms with Crippen molar-refractivity contribution >= 4 is 16.7 Å². The highest BCUT2D eigenvalue weighted by molar-refractivity contribution is 6.06. The maximum Gasteiger partial charge on any atom is 0.336 e. The van der Waals surface area contributed by atoms with E-state index < -0.39 is 5.97 Å². The number of benzene rings is 2. The van der Waals surface area contributed by atoms with Crippen molar-refractivity contribution in [2.75, 3.05) is 0 Å². The van der Waals surface area contributed by atoms with Gasteiger partial charge in [0.15, 0.2) is 0 Å². The smallest absolute Gasteiger partial charge is 0.336 e. The van der Waals surface area contributed by atoms with Crippen molar-refractivity contribution in [2.45, 2.75) is 13.8 Å². The Hall–Kier alpha value is -1.83. The van der Waals surface area contributed by atoms with E-state index in [0.717, 1.165) is 21.9 Å². The van der Waals surface area contributed by atoms with Crippen LogP contribution in [0.25, 0.3) is 10.8 Å². The van der Waals surface area contributed by atoms with Gasteiger partial charge in [0.2, 0.25) is 0 Å². The third kappa shape index (κ3) is 1.48. The van der Waals surface area contributed by atoms with Gasteiger partial charge in [-0.25, -0.2) is 4.79 Å². The van der Waals surface area contributed by atoms with Gasteiger partial charge in [0.25, 0.3) is 0 Å². The number of carbonyl (C=O) groups is 1. The summed E-state index contributed by atoms with van der Waals surface area (Å²) >= 11 is 0. The maximum atomic E-state index is 11.1. The molecule has 0 spiro atoms. The summed E-state index contributed by atoms with van der Waals surface area (Å²) in [5.74, 6) is -0.866. The Kier molecular flexibility index (Phi) is 2.19. The molecule has 0 fully saturated rings. The Bertz CT molecular complexity index is 541. The lowest BCUT2D eigenvalue weighted by Gasteiger charge is -2.08. The summed E-state index contributed by atoms with van der Waals surface area (Å²) in [6.45, 7) is 3.93. The maximum absolute atomic E-state index is 11.1. The highest BCUT2D eigenvalue weighted by atomic mass is 16.4. The van der Waals surface area contributed by atoms with Crippen LogP contribution in [0.2, 0.25) is 0 Å². The van der Waals surface area contributed by atoms with Gasteiger partial charge < -0.3 is 5.11 Å². The number of carboxylic acid groups (broad SMARTS) is 1. The molecule has 0 heterocycles. The van der Waals surface area contributed by atoms with Crippen molar-refractivity contribution in [1.29, 1.82) is 0 Å². The molecule has 0 aromatic heterocycles. The van der Waals surface area contributed by atoms with Crippen LogP contribution in [0.3, 0.4) is 0 Å². The summed E-state index contributed by atoms with van der Waals surface area (Å²) in [6.07, 6.45) is 0. The van der Waals surface area contributed by atoms with Crippen LogP contribution >= 0.6 is 0 Å². The molecule has 2 nitrogen and oxygen atoms in total. The second-order valence-electron chi connectivity index (χ2n) is 3.73. The fourth-order valence-electron chi connectivity index (χ4n) is 1.91. The highest BCUT2D eigenvalue weighted by Crippen LogP contribution is 2.25. The van der Waals surface area contributed by atoms with Crippen molar-refractivity contribution in [3.8, 4) is 0 Å². The van der Waals surface area contributed by atoms with E-state index in [9.17, 15) is 4.79 Å². The van der Waals surface area contributed by atoms with E-state index >= 15 is 0 Å². The Balaban J connectivity index is 2.96. The summed E-state index contributed by atoms with van der Waals surface area (Å²) in [4.78, 5) is 11.1. The van der Waals surface area contributed by atoms with Gasteiger partial charge in [-0.3, -0.25) is 0 Å². The summed E-state index contributed by atoms with van der Waals surface area (Å²) < 4.78 is 0. The standard InChI is InChI=1S/C13H12O2/c1-8-6-7-11(13(14)15)12-9(2)4-3-5-10(8)12/h3-7H,1-2H3,(H,14,15). The molecule has 2 aromatic rings. The topological polar surface area (TPSA) is 37.3 Å². The zero-order chi connectivity index (χ0) is 11.0. The van der Waals surface area contributed by atoms with Crippen LogP contribution < -0.4 is 0 Å². The van der Waals surface area contributed by atoms with E-state index in [-0.39, 0.29) is 0 Å². The molecule has 76 valence electrons. The zero-order valence-corrected chi connectivity index (χ0v) is 8.74. The third-order valence-electron chi connectivity index (χ3n) is 2.70. The van der Waals surface area contributed by atoms with Gasteiger partial charge in [0.1, 0.15) is 0 Å². The second kappa shape index (κ2) is 3.39. The lowest BCUT2D eigenvalue weighted by atomic mass is 9.97. The summed E-state index contributed by atoms with van der Waals surface area (Å²) in [5, 5.41) is 11.0. The van der Waals surface area contributed by atoms with Crippen LogP contribution in [0.5, 0.6) is 0 Å². The molecule has 0 aliphatic heterocycles. The first kappa shape index (κ1) is 9.71. The average Bonchev–Trinajstić information content (AvgIpc) is 2.19. The van der Waals surface area contributed by atoms with Crippen molar-refractivity contribution < 1.29 is 9.90 Å². The molecule has 0 unspecified atom stereocenters. The minimum Gasteiger partial charge on any atom is -0.478 e. The molecule has 2 rings (SSSR count). The van der Waals surface area contributed by atoms with E-state index in [4.69, 9.17) is 5.11 Å². The lowest BCUT2D eigenvalue weighted by molar-refractivity contribution is 0.0699. The van der Waals surface area contributed by atoms with Gasteiger partial charge in [0.05, 0.1) is 5.56 Å². The number of carboxylic acids is 1. The fourth-order valence-corrected chi connectivity index (χ4v) is 1.91. The predicted molar refractivity (Wildman–Crippen MR) is 60.4 cm³/mol. The molecule has 0 bridgehead atoms. The molecule has 0 saturated heterocycles. The van der Waals surface area contributed by atoms with Gasteiger partial charge in [-0.2, -0.15) is 0 Å². The van der Waals surface area contributed by atoms with Gasteiger partial charge in [-0.15, -0.1) is 0 Å². The number of aromatic carboxylic acids is 1. The van der Waals surface area contributed by atoms with Gasteiger partial charge in [-0.1, -0.05) is 24.3 Å². The number of rotatable bonds is 1. The molecule has 0 atom stereocenters. The monoisotopic (exact) mass is 200 g/mol. The van der Waals surface area contributed by atoms with E-state index in [1.807, 2.05) is 38.1 Å². The molecular weight excluding hydrogens is 188 g/mol. The largest absolute Gasteiger partial charge is 0.478 e. The Labute approximate surface area is 88.2 Å². The number of aryl methyl sites for hydroxylation is 2. The average molecular weight is 200 g/mol. The fraction of sp³-hybridized carbons (Fsp3) is 0.154. The predicted octanol–water partition coefficient (Wildman–Crippen LogP) is 3.15. The Morgan fingerprint density at radius 2 is 1.80 bits per heavy atom. The second-order valence-corrected chi connectivity index (χ2v) is 3.73. The molecule has 0 aliphatic rings. The SMILES string of the molecule is Cc1ccc(C(=O)O)c2c(C)cccc12. The van der Waals surface area contributed by atoms with Crippen molar-refractivity contribution in [3.63, 3.8) is 0 Å². The number of hydrogen-bond acceptors (Lipinski definition) is 1. The number of fused-ring (bicyclic) bond motifs is 1. The van der Waals surface area contributed by atoms with E-state index in [1.165, 1.54) is 0 Å². The van der Waals surface area contributed by atoms with Gasteiger partial charge in [0, 0.05) is 0 Å². The molecule has 1 N–H and O–H groups in total. The van der Waals surface area contributed by atoms with E-state index in [1.54, 1.807) is 6.07 Å². The van der Waals surface area contributed by atoms with Crippen LogP contribution in [-0.2, 0) is 0 Å². The molecule has 2 heteroatoms. The zero-order valence-electron chi connectivity index (χ0n) is 8.74. The normalized spacial score (nSPS) is 10.5. The van der Waals surface area contributed by atoms with E-state index in [0.29, 0.717) is 5.56 Å². The van der Waals surface area contributed by atoms with Crippen LogP contribution in [0.1, 0.15) is 21.5 Å². The molecule has 2 aromatic carbocycles. The highest BCUT2D eigenvalue weighted by Gasteiger charge is 2.10. The minimum absolute atomic E-state index is 0.383. The molecule has 0 aliphatic carbocycles. The molecule has 0 saturated carbocycles. The Morgan fingerprint density at radius 1 is 1.07 bits per heavy atom. The molecule has 15 heavy (non-hydrogen) atoms. The first-order chi connectivity index (χ1) is 7.11. The van der Waals surface area contributed by atoms with E-state index in [2.05, 4.69) is 0 Å². The summed E-state index contributed by atoms with van der Waals surface area (Å²) in [7, 11) is 0. The first-order valence-corrected chi connectivity index (χ1v) is 4.83. The molecule has 0 amide bonds.